The van der Waals surface area contributed by atoms with Gasteiger partial charge in [-0.25, -0.2) is 0 Å². The fraction of sp³-hybridized carbons (Fsp3) is 0.429. The predicted octanol–water partition coefficient (Wildman–Crippen LogP) is 3.24. The monoisotopic (exact) mass is 370 g/mol. The van der Waals surface area contributed by atoms with Crippen LogP contribution in [0.1, 0.15) is 42.8 Å². The second-order valence-corrected chi connectivity index (χ2v) is 7.07. The third-order valence-electron chi connectivity index (χ3n) is 4.65. The van der Waals surface area contributed by atoms with Crippen molar-refractivity contribution in [3.05, 3.63) is 54.0 Å². The van der Waals surface area contributed by atoms with Crippen LogP contribution in [0.15, 0.2) is 47.1 Å². The highest BCUT2D eigenvalue weighted by molar-refractivity contribution is 5.91. The summed E-state index contributed by atoms with van der Waals surface area (Å²) in [6.45, 7) is 5.60. The Morgan fingerprint density at radius 3 is 2.48 bits per heavy atom. The van der Waals surface area contributed by atoms with Crippen molar-refractivity contribution in [1.82, 2.24) is 10.2 Å². The molecule has 1 aliphatic rings. The number of carbonyl (C=O) groups is 2. The van der Waals surface area contributed by atoms with Gasteiger partial charge in [0.15, 0.2) is 5.76 Å². The molecule has 0 atom stereocenters. The van der Waals surface area contributed by atoms with Crippen LogP contribution in [0.25, 0.3) is 0 Å². The van der Waals surface area contributed by atoms with E-state index in [1.54, 1.807) is 17.0 Å². The van der Waals surface area contributed by atoms with Gasteiger partial charge in [-0.1, -0.05) is 12.1 Å². The molecule has 27 heavy (non-hydrogen) atoms. The minimum atomic E-state index is -0.109. The Balaban J connectivity index is 1.43. The highest BCUT2D eigenvalue weighted by Crippen LogP contribution is 2.20. The number of hydrogen-bond donors (Lipinski definition) is 1. The van der Waals surface area contributed by atoms with Crippen molar-refractivity contribution >= 4 is 11.8 Å². The van der Waals surface area contributed by atoms with Crippen LogP contribution in [0.3, 0.4) is 0 Å². The molecule has 1 aromatic carbocycles. The summed E-state index contributed by atoms with van der Waals surface area (Å²) in [6, 6.07) is 11.1. The first-order valence-corrected chi connectivity index (χ1v) is 9.39. The number of carbonyl (C=O) groups excluding carboxylic acids is 2. The summed E-state index contributed by atoms with van der Waals surface area (Å²) in [7, 11) is 0. The first kappa shape index (κ1) is 19.0. The van der Waals surface area contributed by atoms with Crippen LogP contribution in [0.2, 0.25) is 0 Å². The highest BCUT2D eigenvalue weighted by atomic mass is 16.5. The molecule has 2 aromatic rings. The van der Waals surface area contributed by atoms with E-state index in [0.717, 1.165) is 11.3 Å². The molecule has 1 aliphatic heterocycles. The molecule has 2 heterocycles. The lowest BCUT2D eigenvalue weighted by atomic mass is 9.95. The molecule has 2 amide bonds. The summed E-state index contributed by atoms with van der Waals surface area (Å²) in [6.07, 6.45) is 2.97. The minimum absolute atomic E-state index is 0.0441. The van der Waals surface area contributed by atoms with Gasteiger partial charge >= 0.3 is 0 Å². The van der Waals surface area contributed by atoms with Gasteiger partial charge in [-0.2, -0.15) is 0 Å². The quantitative estimate of drug-likeness (QED) is 0.847. The van der Waals surface area contributed by atoms with E-state index in [1.807, 2.05) is 38.1 Å². The van der Waals surface area contributed by atoms with E-state index in [9.17, 15) is 9.59 Å². The first-order chi connectivity index (χ1) is 13.0. The molecule has 6 heteroatoms. The molecule has 0 saturated carbocycles. The third-order valence-corrected chi connectivity index (χ3v) is 4.65. The second-order valence-electron chi connectivity index (χ2n) is 7.07. The average Bonchev–Trinajstić information content (AvgIpc) is 3.21. The second kappa shape index (κ2) is 8.75. The standard InChI is InChI=1S/C21H26N2O4/c1-15(2)27-18-7-5-16(6-8-18)14-22-20(24)17-9-11-23(12-10-17)21(25)19-4-3-13-26-19/h3-8,13,15,17H,9-12,14H2,1-2H3,(H,22,24). The first-order valence-electron chi connectivity index (χ1n) is 9.39. The van der Waals surface area contributed by atoms with E-state index in [4.69, 9.17) is 9.15 Å². The van der Waals surface area contributed by atoms with E-state index in [1.165, 1.54) is 6.26 Å². The van der Waals surface area contributed by atoms with Gasteiger partial charge in [-0.05, 0) is 56.5 Å². The van der Waals surface area contributed by atoms with E-state index in [-0.39, 0.29) is 23.8 Å². The summed E-state index contributed by atoms with van der Waals surface area (Å²) in [5, 5.41) is 3.00. The number of ether oxygens (including phenoxy) is 1. The molecule has 1 N–H and O–H groups in total. The zero-order valence-electron chi connectivity index (χ0n) is 15.8. The van der Waals surface area contributed by atoms with Gasteiger partial charge in [0.2, 0.25) is 5.91 Å². The maximum Gasteiger partial charge on any atom is 0.289 e. The van der Waals surface area contributed by atoms with Crippen molar-refractivity contribution < 1.29 is 18.7 Å². The fourth-order valence-electron chi connectivity index (χ4n) is 3.19. The summed E-state index contributed by atoms with van der Waals surface area (Å²) < 4.78 is 10.8. The van der Waals surface area contributed by atoms with Crippen LogP contribution in [-0.2, 0) is 11.3 Å². The maximum atomic E-state index is 12.4. The van der Waals surface area contributed by atoms with Crippen LogP contribution in [0, 0.1) is 5.92 Å². The lowest BCUT2D eigenvalue weighted by molar-refractivity contribution is -0.126. The number of furan rings is 1. The molecule has 0 unspecified atom stereocenters. The largest absolute Gasteiger partial charge is 0.491 e. The zero-order valence-corrected chi connectivity index (χ0v) is 15.8. The van der Waals surface area contributed by atoms with Crippen molar-refractivity contribution in [3.8, 4) is 5.75 Å². The summed E-state index contributed by atoms with van der Waals surface area (Å²) in [5.74, 6) is 1.05. The Kier molecular flexibility index (Phi) is 6.16. The van der Waals surface area contributed by atoms with Crippen LogP contribution >= 0.6 is 0 Å². The Labute approximate surface area is 159 Å². The van der Waals surface area contributed by atoms with E-state index in [2.05, 4.69) is 5.32 Å². The number of nitrogens with one attached hydrogen (secondary N) is 1. The number of piperidine rings is 1. The molecule has 144 valence electrons. The zero-order chi connectivity index (χ0) is 19.2. The number of amides is 2. The van der Waals surface area contributed by atoms with Gasteiger partial charge in [0.1, 0.15) is 5.75 Å². The number of hydrogen-bond acceptors (Lipinski definition) is 4. The molecule has 0 aliphatic carbocycles. The number of nitrogens with zero attached hydrogens (tertiary/aromatic N) is 1. The van der Waals surface area contributed by atoms with E-state index >= 15 is 0 Å². The van der Waals surface area contributed by atoms with Crippen LogP contribution in [0.4, 0.5) is 0 Å². The third kappa shape index (κ3) is 5.12. The number of benzene rings is 1. The van der Waals surface area contributed by atoms with Gasteiger partial charge in [0.25, 0.3) is 5.91 Å². The molecule has 0 spiro atoms. The molecule has 1 fully saturated rings. The Morgan fingerprint density at radius 1 is 1.19 bits per heavy atom. The lowest BCUT2D eigenvalue weighted by Gasteiger charge is -2.30. The van der Waals surface area contributed by atoms with Crippen molar-refractivity contribution in [3.63, 3.8) is 0 Å². The molecule has 3 rings (SSSR count). The summed E-state index contributed by atoms with van der Waals surface area (Å²) in [4.78, 5) is 26.4. The molecule has 1 saturated heterocycles. The minimum Gasteiger partial charge on any atom is -0.491 e. The van der Waals surface area contributed by atoms with E-state index < -0.39 is 0 Å². The average molecular weight is 370 g/mol. The Bertz CT molecular complexity index is 745. The lowest BCUT2D eigenvalue weighted by Crippen LogP contribution is -2.42. The number of likely N-dealkylation sites (tertiary alicyclic amines) is 1. The Hall–Kier alpha value is -2.76. The topological polar surface area (TPSA) is 71.8 Å². The smallest absolute Gasteiger partial charge is 0.289 e. The van der Waals surface area contributed by atoms with Crippen LogP contribution in [-0.4, -0.2) is 35.9 Å². The van der Waals surface area contributed by atoms with Crippen molar-refractivity contribution in [2.24, 2.45) is 5.92 Å². The predicted molar refractivity (Wildman–Crippen MR) is 101 cm³/mol. The number of rotatable bonds is 6. The SMILES string of the molecule is CC(C)Oc1ccc(CNC(=O)C2CCN(C(=O)c3ccco3)CC2)cc1. The molecule has 0 bridgehead atoms. The van der Waals surface area contributed by atoms with Crippen LogP contribution < -0.4 is 10.1 Å². The van der Waals surface area contributed by atoms with Gasteiger partial charge < -0.3 is 19.4 Å². The summed E-state index contributed by atoms with van der Waals surface area (Å²) in [5.41, 5.74) is 1.03. The molecular weight excluding hydrogens is 344 g/mol. The van der Waals surface area contributed by atoms with Gasteiger partial charge in [-0.3, -0.25) is 9.59 Å². The highest BCUT2D eigenvalue weighted by Gasteiger charge is 2.28. The normalized spacial score (nSPS) is 15.0. The Morgan fingerprint density at radius 2 is 1.89 bits per heavy atom. The van der Waals surface area contributed by atoms with Crippen molar-refractivity contribution in [1.29, 1.82) is 0 Å². The van der Waals surface area contributed by atoms with Crippen molar-refractivity contribution in [2.75, 3.05) is 13.1 Å². The van der Waals surface area contributed by atoms with Gasteiger partial charge in [0, 0.05) is 25.6 Å². The molecular formula is C21H26N2O4. The molecule has 1 aromatic heterocycles. The molecule has 6 nitrogen and oxygen atoms in total. The van der Waals surface area contributed by atoms with Crippen molar-refractivity contribution in [2.45, 2.75) is 39.3 Å². The van der Waals surface area contributed by atoms with Crippen LogP contribution in [0.5, 0.6) is 5.75 Å². The molecule has 0 radical (unpaired) electrons. The fourth-order valence-corrected chi connectivity index (χ4v) is 3.19. The summed E-state index contributed by atoms with van der Waals surface area (Å²) >= 11 is 0. The van der Waals surface area contributed by atoms with E-state index in [0.29, 0.717) is 38.2 Å². The van der Waals surface area contributed by atoms with Gasteiger partial charge in [-0.15, -0.1) is 0 Å². The maximum absolute atomic E-state index is 12.4. The van der Waals surface area contributed by atoms with Gasteiger partial charge in [0.05, 0.1) is 12.4 Å².